The highest BCUT2D eigenvalue weighted by Crippen LogP contribution is 2.28. The highest BCUT2D eigenvalue weighted by atomic mass is 32.1. The molecule has 2 N–H and O–H groups in total. The van der Waals surface area contributed by atoms with Gasteiger partial charge in [0.2, 0.25) is 0 Å². The molecule has 7 heteroatoms. The van der Waals surface area contributed by atoms with E-state index in [1.807, 2.05) is 22.8 Å². The van der Waals surface area contributed by atoms with E-state index in [2.05, 4.69) is 0 Å². The van der Waals surface area contributed by atoms with Crippen LogP contribution >= 0.6 is 11.3 Å². The number of amides is 3. The van der Waals surface area contributed by atoms with Gasteiger partial charge in [0.1, 0.15) is 11.9 Å². The molecule has 2 fully saturated rings. The van der Waals surface area contributed by atoms with Gasteiger partial charge in [-0.2, -0.15) is 0 Å². The molecule has 3 heterocycles. The van der Waals surface area contributed by atoms with Crippen molar-refractivity contribution >= 4 is 29.0 Å². The Hall–Kier alpha value is -2.25. The first-order chi connectivity index (χ1) is 11.6. The lowest BCUT2D eigenvalue weighted by Gasteiger charge is -2.39. The molecule has 2 aliphatic heterocycles. The van der Waals surface area contributed by atoms with Crippen molar-refractivity contribution < 1.29 is 19.3 Å². The first-order valence-corrected chi connectivity index (χ1v) is 8.79. The lowest BCUT2D eigenvalue weighted by Crippen LogP contribution is -2.93. The number of anilines is 1. The van der Waals surface area contributed by atoms with Gasteiger partial charge in [-0.3, -0.25) is 4.79 Å². The third kappa shape index (κ3) is 2.50. The minimum Gasteiger partial charge on any atom is -0.334 e. The van der Waals surface area contributed by atoms with E-state index in [0.29, 0.717) is 12.2 Å². The molecule has 2 aliphatic rings. The second kappa shape index (κ2) is 5.99. The van der Waals surface area contributed by atoms with E-state index in [0.717, 1.165) is 22.7 Å². The van der Waals surface area contributed by atoms with Gasteiger partial charge in [-0.25, -0.2) is 14.1 Å². The van der Waals surface area contributed by atoms with E-state index < -0.39 is 5.82 Å². The zero-order chi connectivity index (χ0) is 16.7. The summed E-state index contributed by atoms with van der Waals surface area (Å²) < 4.78 is 13.6. The highest BCUT2D eigenvalue weighted by molar-refractivity contribution is 7.09. The van der Waals surface area contributed by atoms with E-state index in [9.17, 15) is 14.0 Å². The molecule has 0 saturated carbocycles. The van der Waals surface area contributed by atoms with Crippen LogP contribution in [0.1, 0.15) is 11.3 Å². The molecule has 2 saturated heterocycles. The van der Waals surface area contributed by atoms with Gasteiger partial charge in [-0.1, -0.05) is 12.1 Å². The predicted molar refractivity (Wildman–Crippen MR) is 88.1 cm³/mol. The molecule has 3 amide bonds. The van der Waals surface area contributed by atoms with Crippen LogP contribution in [0.15, 0.2) is 41.8 Å². The summed E-state index contributed by atoms with van der Waals surface area (Å²) >= 11 is 1.59. The minimum absolute atomic E-state index is 0.100. The van der Waals surface area contributed by atoms with Crippen LogP contribution in [0.3, 0.4) is 0 Å². The fourth-order valence-electron chi connectivity index (χ4n) is 3.52. The second-order valence-electron chi connectivity index (χ2n) is 6.05. The fraction of sp³-hybridized carbons (Fsp3) is 0.294. The van der Waals surface area contributed by atoms with Crippen LogP contribution < -0.4 is 10.2 Å². The fourth-order valence-corrected chi connectivity index (χ4v) is 4.22. The van der Waals surface area contributed by atoms with E-state index in [1.54, 1.807) is 22.3 Å². The Balaban J connectivity index is 1.71. The number of quaternary nitrogens is 1. The number of rotatable bonds is 3. The Kier molecular flexibility index (Phi) is 3.82. The number of urea groups is 1. The average Bonchev–Trinajstić information content (AvgIpc) is 3.23. The molecule has 124 valence electrons. The maximum absolute atomic E-state index is 13.6. The summed E-state index contributed by atoms with van der Waals surface area (Å²) in [5.41, 5.74) is 0.292. The highest BCUT2D eigenvalue weighted by Gasteiger charge is 2.51. The first-order valence-electron chi connectivity index (χ1n) is 7.91. The van der Waals surface area contributed by atoms with Crippen molar-refractivity contribution in [3.63, 3.8) is 0 Å². The van der Waals surface area contributed by atoms with E-state index >= 15 is 0 Å². The third-order valence-corrected chi connectivity index (χ3v) is 5.47. The van der Waals surface area contributed by atoms with Crippen molar-refractivity contribution in [2.24, 2.45) is 0 Å². The van der Waals surface area contributed by atoms with Crippen LogP contribution in [-0.2, 0) is 11.3 Å². The summed E-state index contributed by atoms with van der Waals surface area (Å²) in [5.74, 6) is -0.717. The summed E-state index contributed by atoms with van der Waals surface area (Å²) in [6.45, 7) is 1.29. The van der Waals surface area contributed by atoms with Gasteiger partial charge in [-0.05, 0) is 29.6 Å². The maximum atomic E-state index is 13.6. The van der Waals surface area contributed by atoms with Crippen molar-refractivity contribution in [3.05, 3.63) is 52.5 Å². The Morgan fingerprint density at radius 2 is 2.12 bits per heavy atom. The molecule has 1 aromatic carbocycles. The largest absolute Gasteiger partial charge is 0.334 e. The molecule has 5 nitrogen and oxygen atoms in total. The Bertz CT molecular complexity index is 780. The van der Waals surface area contributed by atoms with Crippen molar-refractivity contribution in [2.45, 2.75) is 25.0 Å². The molecule has 24 heavy (non-hydrogen) atoms. The summed E-state index contributed by atoms with van der Waals surface area (Å²) in [4.78, 5) is 29.8. The number of nitrogens with two attached hydrogens (primary N) is 1. The van der Waals surface area contributed by atoms with Gasteiger partial charge < -0.3 is 10.2 Å². The number of carbonyl (C=O) groups is 2. The van der Waals surface area contributed by atoms with Crippen molar-refractivity contribution in [3.8, 4) is 0 Å². The van der Waals surface area contributed by atoms with Crippen molar-refractivity contribution in [1.29, 1.82) is 0 Å². The van der Waals surface area contributed by atoms with Crippen LogP contribution in [0.4, 0.5) is 14.9 Å². The number of nitrogens with zero attached hydrogens (tertiary/aromatic N) is 2. The average molecular weight is 346 g/mol. The standard InChI is InChI=1S/C17H16FN3O2S/c18-11-3-1-4-12(9-11)21-16(22)15-14(6-7-19-15)20(17(21)23)10-13-5-2-8-24-13/h1-5,8-9,14-15,19H,6-7,10H2/p+1/t14-,15+/m1/s1. The molecule has 2 aromatic rings. The molecular formula is C17H17FN3O2S+. The molecule has 2 atom stereocenters. The number of benzene rings is 1. The SMILES string of the molecule is O=C1[C@H]2[NH2+]CC[C@H]2N(Cc2cccs2)C(=O)N1c1cccc(F)c1. The molecule has 0 unspecified atom stereocenters. The molecule has 4 rings (SSSR count). The molecule has 0 radical (unpaired) electrons. The molecular weight excluding hydrogens is 329 g/mol. The Morgan fingerprint density at radius 1 is 1.25 bits per heavy atom. The van der Waals surface area contributed by atoms with Gasteiger partial charge in [0.05, 0.1) is 18.8 Å². The Labute approximate surface area is 142 Å². The van der Waals surface area contributed by atoms with Gasteiger partial charge in [0, 0.05) is 11.3 Å². The predicted octanol–water partition coefficient (Wildman–Crippen LogP) is 1.56. The van der Waals surface area contributed by atoms with Crippen LogP contribution in [0, 0.1) is 5.82 Å². The molecule has 0 aliphatic carbocycles. The lowest BCUT2D eigenvalue weighted by molar-refractivity contribution is -0.659. The molecule has 0 spiro atoms. The van der Waals surface area contributed by atoms with Gasteiger partial charge in [0.25, 0.3) is 5.91 Å². The molecule has 0 bridgehead atoms. The number of carbonyl (C=O) groups excluding carboxylic acids is 2. The van der Waals surface area contributed by atoms with Crippen LogP contribution in [0.5, 0.6) is 0 Å². The normalized spacial score (nSPS) is 23.7. The quantitative estimate of drug-likeness (QED) is 0.917. The number of thiophene rings is 1. The number of hydrogen-bond donors (Lipinski definition) is 1. The molecule has 1 aromatic heterocycles. The number of imide groups is 1. The van der Waals surface area contributed by atoms with E-state index in [4.69, 9.17) is 0 Å². The zero-order valence-corrected chi connectivity index (χ0v) is 13.7. The van der Waals surface area contributed by atoms with Crippen LogP contribution in [0.2, 0.25) is 0 Å². The van der Waals surface area contributed by atoms with Crippen molar-refractivity contribution in [1.82, 2.24) is 4.90 Å². The Morgan fingerprint density at radius 3 is 2.88 bits per heavy atom. The smallest absolute Gasteiger partial charge is 0.332 e. The number of halogens is 1. The number of hydrogen-bond acceptors (Lipinski definition) is 3. The van der Waals surface area contributed by atoms with Crippen molar-refractivity contribution in [2.75, 3.05) is 11.4 Å². The second-order valence-corrected chi connectivity index (χ2v) is 7.08. The van der Waals surface area contributed by atoms with Gasteiger partial charge in [0.15, 0.2) is 6.04 Å². The van der Waals surface area contributed by atoms with E-state index in [1.165, 1.54) is 18.2 Å². The van der Waals surface area contributed by atoms with Crippen LogP contribution in [0.25, 0.3) is 0 Å². The van der Waals surface area contributed by atoms with Crippen LogP contribution in [-0.4, -0.2) is 35.5 Å². The lowest BCUT2D eigenvalue weighted by atomic mass is 10.0. The zero-order valence-electron chi connectivity index (χ0n) is 12.9. The number of fused-ring (bicyclic) bond motifs is 1. The van der Waals surface area contributed by atoms with Gasteiger partial charge >= 0.3 is 6.03 Å². The summed E-state index contributed by atoms with van der Waals surface area (Å²) in [6.07, 6.45) is 0.796. The topological polar surface area (TPSA) is 57.2 Å². The monoisotopic (exact) mass is 346 g/mol. The summed E-state index contributed by atoms with van der Waals surface area (Å²) in [7, 11) is 0. The first kappa shape index (κ1) is 15.3. The van der Waals surface area contributed by atoms with Gasteiger partial charge in [-0.15, -0.1) is 11.3 Å². The maximum Gasteiger partial charge on any atom is 0.332 e. The summed E-state index contributed by atoms with van der Waals surface area (Å²) in [5, 5.41) is 3.95. The van der Waals surface area contributed by atoms with E-state index in [-0.39, 0.29) is 24.0 Å². The summed E-state index contributed by atoms with van der Waals surface area (Å²) in [6, 6.07) is 8.79. The minimum atomic E-state index is -0.463. The third-order valence-electron chi connectivity index (χ3n) is 4.61.